The Balaban J connectivity index is 1.55. The number of benzene rings is 2. The van der Waals surface area contributed by atoms with E-state index in [0.29, 0.717) is 37.4 Å². The number of aliphatic hydroxyl groups is 2. The minimum Gasteiger partial charge on any atom is -0.497 e. The molecule has 2 amide bonds. The molecule has 0 aliphatic carbocycles. The molecule has 2 unspecified atom stereocenters. The predicted octanol–water partition coefficient (Wildman–Crippen LogP) is 2.90. The van der Waals surface area contributed by atoms with Crippen LogP contribution in [0.15, 0.2) is 54.9 Å². The highest BCUT2D eigenvalue weighted by atomic mass is 16.5. The monoisotopic (exact) mass is 451 g/mol. The third kappa shape index (κ3) is 5.44. The number of amides is 2. The number of methoxy groups -OCH3 is 1. The average Bonchev–Trinajstić information content (AvgIpc) is 3.51. The van der Waals surface area contributed by atoms with Gasteiger partial charge in [-0.05, 0) is 48.2 Å². The Morgan fingerprint density at radius 2 is 2.18 bits per heavy atom. The van der Waals surface area contributed by atoms with Gasteiger partial charge in [-0.15, -0.1) is 0 Å². The van der Waals surface area contributed by atoms with Crippen molar-refractivity contribution in [3.63, 3.8) is 0 Å². The molecule has 1 saturated heterocycles. The summed E-state index contributed by atoms with van der Waals surface area (Å²) in [5.74, 6) is 0.683. The van der Waals surface area contributed by atoms with Crippen LogP contribution in [0, 0.1) is 0 Å². The molecule has 2 atom stereocenters. The molecule has 1 aromatic heterocycles. The van der Waals surface area contributed by atoms with Crippen LogP contribution in [-0.2, 0) is 0 Å². The van der Waals surface area contributed by atoms with E-state index in [0.717, 1.165) is 22.4 Å². The summed E-state index contributed by atoms with van der Waals surface area (Å²) in [4.78, 5) is 15.0. The molecule has 0 spiro atoms. The first-order valence-electron chi connectivity index (χ1n) is 11.0. The molecule has 1 aliphatic heterocycles. The van der Waals surface area contributed by atoms with Crippen LogP contribution < -0.4 is 20.3 Å². The number of aliphatic hydroxyl groups excluding tert-OH is 2. The summed E-state index contributed by atoms with van der Waals surface area (Å²) >= 11 is 0. The minimum atomic E-state index is -0.397. The molecule has 9 heteroatoms. The van der Waals surface area contributed by atoms with Gasteiger partial charge in [-0.25, -0.2) is 4.79 Å². The Kier molecular flexibility index (Phi) is 7.11. The van der Waals surface area contributed by atoms with Gasteiger partial charge in [-0.3, -0.25) is 5.10 Å². The SMILES string of the molecule is COc1cccc(C(CCO)NC(=O)Nc2ccc(-c3cn[nH]c3)cc2N2CCC(O)C2)c1. The van der Waals surface area contributed by atoms with E-state index in [9.17, 15) is 15.0 Å². The average molecular weight is 452 g/mol. The van der Waals surface area contributed by atoms with E-state index >= 15 is 0 Å². The normalized spacial score (nSPS) is 16.5. The lowest BCUT2D eigenvalue weighted by Crippen LogP contribution is -2.34. The number of rotatable bonds is 8. The zero-order valence-electron chi connectivity index (χ0n) is 18.5. The Hall–Kier alpha value is -3.56. The van der Waals surface area contributed by atoms with Gasteiger partial charge in [0.25, 0.3) is 0 Å². The van der Waals surface area contributed by atoms with Crippen LogP contribution in [0.3, 0.4) is 0 Å². The van der Waals surface area contributed by atoms with Crippen molar-refractivity contribution in [2.45, 2.75) is 25.0 Å². The summed E-state index contributed by atoms with van der Waals surface area (Å²) in [5.41, 5.74) is 4.22. The quantitative estimate of drug-likeness (QED) is 0.359. The number of nitrogens with zero attached hydrogens (tertiary/aromatic N) is 2. The summed E-state index contributed by atoms with van der Waals surface area (Å²) in [6, 6.07) is 12.4. The van der Waals surface area contributed by atoms with Crippen molar-refractivity contribution >= 4 is 17.4 Å². The van der Waals surface area contributed by atoms with Crippen LogP contribution in [0.5, 0.6) is 5.75 Å². The molecule has 3 aromatic rings. The number of carbonyl (C=O) groups excluding carboxylic acids is 1. The molecule has 174 valence electrons. The molecule has 0 saturated carbocycles. The van der Waals surface area contributed by atoms with E-state index in [2.05, 4.69) is 25.7 Å². The molecule has 5 N–H and O–H groups in total. The molecule has 2 aromatic carbocycles. The number of aromatic amines is 1. The van der Waals surface area contributed by atoms with Crippen LogP contribution >= 0.6 is 0 Å². The second-order valence-electron chi connectivity index (χ2n) is 8.05. The summed E-state index contributed by atoms with van der Waals surface area (Å²) < 4.78 is 5.28. The van der Waals surface area contributed by atoms with Crippen LogP contribution in [-0.4, -0.2) is 59.4 Å². The summed E-state index contributed by atoms with van der Waals surface area (Å²) in [7, 11) is 1.59. The molecule has 2 heterocycles. The highest BCUT2D eigenvalue weighted by Gasteiger charge is 2.24. The number of nitrogens with one attached hydrogen (secondary N) is 3. The fourth-order valence-electron chi connectivity index (χ4n) is 4.07. The number of aromatic nitrogens is 2. The van der Waals surface area contributed by atoms with Crippen LogP contribution in [0.1, 0.15) is 24.4 Å². The molecule has 1 fully saturated rings. The number of anilines is 2. The minimum absolute atomic E-state index is 0.0710. The zero-order chi connectivity index (χ0) is 23.2. The van der Waals surface area contributed by atoms with Crippen molar-refractivity contribution in [3.8, 4) is 16.9 Å². The van der Waals surface area contributed by atoms with Crippen LogP contribution in [0.4, 0.5) is 16.2 Å². The van der Waals surface area contributed by atoms with Gasteiger partial charge < -0.3 is 30.5 Å². The van der Waals surface area contributed by atoms with Crippen LogP contribution in [0.25, 0.3) is 11.1 Å². The van der Waals surface area contributed by atoms with Crippen molar-refractivity contribution < 1.29 is 19.7 Å². The summed E-state index contributed by atoms with van der Waals surface area (Å²) in [6.07, 6.45) is 4.20. The standard InChI is InChI=1S/C24H29N5O4/c1-33-20-4-2-3-17(11-20)21(8-10-30)27-24(32)28-22-6-5-16(18-13-25-26-14-18)12-23(22)29-9-7-19(31)15-29/h2-6,11-14,19,21,30-31H,7-10,15H2,1H3,(H,25,26)(H2,27,28,32). The number of hydrogen-bond donors (Lipinski definition) is 5. The van der Waals surface area contributed by atoms with Gasteiger partial charge in [0, 0.05) is 31.5 Å². The first kappa shape index (κ1) is 22.6. The Labute approximate surface area is 192 Å². The molecule has 4 rings (SSSR count). The largest absolute Gasteiger partial charge is 0.497 e. The summed E-state index contributed by atoms with van der Waals surface area (Å²) in [5, 5.41) is 32.3. The third-order valence-corrected chi connectivity index (χ3v) is 5.80. The second kappa shape index (κ2) is 10.4. The van der Waals surface area contributed by atoms with Crippen molar-refractivity contribution in [1.82, 2.24) is 15.5 Å². The molecule has 0 radical (unpaired) electrons. The topological polar surface area (TPSA) is 123 Å². The van der Waals surface area contributed by atoms with E-state index in [4.69, 9.17) is 4.74 Å². The predicted molar refractivity (Wildman–Crippen MR) is 126 cm³/mol. The van der Waals surface area contributed by atoms with Crippen molar-refractivity contribution in [2.75, 3.05) is 37.0 Å². The van der Waals surface area contributed by atoms with Crippen molar-refractivity contribution in [1.29, 1.82) is 0 Å². The Morgan fingerprint density at radius 3 is 2.88 bits per heavy atom. The van der Waals surface area contributed by atoms with Crippen LogP contribution in [0.2, 0.25) is 0 Å². The lowest BCUT2D eigenvalue weighted by molar-refractivity contribution is 0.198. The molecule has 9 nitrogen and oxygen atoms in total. The van der Waals surface area contributed by atoms with E-state index < -0.39 is 6.10 Å². The number of H-pyrrole nitrogens is 1. The first-order valence-corrected chi connectivity index (χ1v) is 11.0. The Bertz CT molecular complexity index is 1070. The van der Waals surface area contributed by atoms with E-state index in [1.807, 2.05) is 48.7 Å². The third-order valence-electron chi connectivity index (χ3n) is 5.80. The van der Waals surface area contributed by atoms with Gasteiger partial charge in [0.05, 0.1) is 36.8 Å². The smallest absolute Gasteiger partial charge is 0.319 e. The number of hydrogen-bond acceptors (Lipinski definition) is 6. The lowest BCUT2D eigenvalue weighted by atomic mass is 10.0. The number of ether oxygens (including phenoxy) is 1. The number of β-amino-alcohol motifs (C(OH)–C–C–N with tert-alkyl or cyclic N) is 1. The van der Waals surface area contributed by atoms with Gasteiger partial charge in [0.15, 0.2) is 0 Å². The van der Waals surface area contributed by atoms with Gasteiger partial charge in [0.1, 0.15) is 5.75 Å². The van der Waals surface area contributed by atoms with E-state index in [1.165, 1.54) is 0 Å². The molecular formula is C24H29N5O4. The number of carbonyl (C=O) groups is 1. The van der Waals surface area contributed by atoms with E-state index in [-0.39, 0.29) is 18.7 Å². The second-order valence-corrected chi connectivity index (χ2v) is 8.05. The van der Waals surface area contributed by atoms with Gasteiger partial charge in [-0.1, -0.05) is 18.2 Å². The molecule has 1 aliphatic rings. The maximum absolute atomic E-state index is 13.0. The maximum Gasteiger partial charge on any atom is 0.319 e. The summed E-state index contributed by atoms with van der Waals surface area (Å²) in [6.45, 7) is 1.13. The molecular weight excluding hydrogens is 422 g/mol. The fourth-order valence-corrected chi connectivity index (χ4v) is 4.07. The van der Waals surface area contributed by atoms with Crippen molar-refractivity contribution in [2.24, 2.45) is 0 Å². The zero-order valence-corrected chi connectivity index (χ0v) is 18.5. The lowest BCUT2D eigenvalue weighted by Gasteiger charge is -2.24. The molecule has 0 bridgehead atoms. The highest BCUT2D eigenvalue weighted by Crippen LogP contribution is 2.34. The Morgan fingerprint density at radius 1 is 1.30 bits per heavy atom. The van der Waals surface area contributed by atoms with Gasteiger partial charge >= 0.3 is 6.03 Å². The fraction of sp³-hybridized carbons (Fsp3) is 0.333. The van der Waals surface area contributed by atoms with Gasteiger partial charge in [0.2, 0.25) is 0 Å². The molecule has 33 heavy (non-hydrogen) atoms. The number of urea groups is 1. The highest BCUT2D eigenvalue weighted by molar-refractivity contribution is 5.94. The van der Waals surface area contributed by atoms with Gasteiger partial charge in [-0.2, -0.15) is 5.10 Å². The first-order chi connectivity index (χ1) is 16.1. The maximum atomic E-state index is 13.0. The van der Waals surface area contributed by atoms with E-state index in [1.54, 1.807) is 13.3 Å². The van der Waals surface area contributed by atoms with Crippen molar-refractivity contribution in [3.05, 3.63) is 60.4 Å².